The average molecular weight is 339 g/mol. The van der Waals surface area contributed by atoms with Crippen LogP contribution in [-0.4, -0.2) is 46.3 Å². The maximum atomic E-state index is 12.2. The average Bonchev–Trinajstić information content (AvgIpc) is 3.09. The number of hydrogen-bond acceptors (Lipinski definition) is 5. The molecule has 7 nitrogen and oxygen atoms in total. The van der Waals surface area contributed by atoms with Gasteiger partial charge < -0.3 is 15.2 Å². The minimum atomic E-state index is -1.09. The van der Waals surface area contributed by atoms with E-state index in [1.165, 1.54) is 7.11 Å². The minimum absolute atomic E-state index is 0.371. The number of rotatable bonds is 5. The SMILES string of the molecule is COC(=O)C(CO)NC(=O)c1ccc(-n2cnc3ccccc32)cc1. The second-order valence-electron chi connectivity index (χ2n) is 5.38. The molecule has 1 unspecified atom stereocenters. The van der Waals surface area contributed by atoms with E-state index in [1.807, 2.05) is 28.8 Å². The molecule has 25 heavy (non-hydrogen) atoms. The van der Waals surface area contributed by atoms with Gasteiger partial charge in [0.15, 0.2) is 6.04 Å². The fraction of sp³-hybridized carbons (Fsp3) is 0.167. The predicted octanol–water partition coefficient (Wildman–Crippen LogP) is 1.29. The highest BCUT2D eigenvalue weighted by atomic mass is 16.5. The van der Waals surface area contributed by atoms with Crippen LogP contribution in [0, 0.1) is 0 Å². The van der Waals surface area contributed by atoms with Crippen molar-refractivity contribution in [1.82, 2.24) is 14.9 Å². The number of aliphatic hydroxyl groups excluding tert-OH is 1. The molecule has 1 heterocycles. The summed E-state index contributed by atoms with van der Waals surface area (Å²) in [5, 5.41) is 11.6. The van der Waals surface area contributed by atoms with E-state index in [0.717, 1.165) is 16.7 Å². The van der Waals surface area contributed by atoms with Gasteiger partial charge in [-0.2, -0.15) is 0 Å². The molecule has 3 aromatic rings. The van der Waals surface area contributed by atoms with Gasteiger partial charge in [0.05, 0.1) is 24.8 Å². The molecule has 128 valence electrons. The molecule has 2 N–H and O–H groups in total. The van der Waals surface area contributed by atoms with Crippen molar-refractivity contribution in [3.63, 3.8) is 0 Å². The minimum Gasteiger partial charge on any atom is -0.467 e. The molecule has 0 radical (unpaired) electrons. The van der Waals surface area contributed by atoms with Crippen molar-refractivity contribution in [3.05, 3.63) is 60.4 Å². The number of para-hydroxylation sites is 2. The number of nitrogens with one attached hydrogen (secondary N) is 1. The van der Waals surface area contributed by atoms with E-state index in [9.17, 15) is 9.59 Å². The second kappa shape index (κ2) is 7.14. The van der Waals surface area contributed by atoms with Crippen LogP contribution in [0.4, 0.5) is 0 Å². The number of amides is 1. The van der Waals surface area contributed by atoms with E-state index < -0.39 is 24.5 Å². The van der Waals surface area contributed by atoms with Gasteiger partial charge in [0.2, 0.25) is 0 Å². The van der Waals surface area contributed by atoms with Crippen molar-refractivity contribution in [2.75, 3.05) is 13.7 Å². The third-order valence-electron chi connectivity index (χ3n) is 3.83. The lowest BCUT2D eigenvalue weighted by atomic mass is 10.1. The number of methoxy groups -OCH3 is 1. The summed E-state index contributed by atoms with van der Waals surface area (Å²) >= 11 is 0. The molecule has 0 spiro atoms. The molecule has 0 bridgehead atoms. The summed E-state index contributed by atoms with van der Waals surface area (Å²) in [6, 6.07) is 13.5. The quantitative estimate of drug-likeness (QED) is 0.683. The maximum absolute atomic E-state index is 12.2. The van der Waals surface area contributed by atoms with Crippen LogP contribution < -0.4 is 5.32 Å². The van der Waals surface area contributed by atoms with Gasteiger partial charge in [-0.3, -0.25) is 9.36 Å². The largest absolute Gasteiger partial charge is 0.467 e. The fourth-order valence-corrected chi connectivity index (χ4v) is 2.50. The molecule has 1 aromatic heterocycles. The molecule has 0 aliphatic carbocycles. The van der Waals surface area contributed by atoms with Gasteiger partial charge in [-0.05, 0) is 36.4 Å². The van der Waals surface area contributed by atoms with Gasteiger partial charge >= 0.3 is 5.97 Å². The first kappa shape index (κ1) is 16.7. The monoisotopic (exact) mass is 339 g/mol. The first-order valence-electron chi connectivity index (χ1n) is 7.66. The number of benzene rings is 2. The number of esters is 1. The van der Waals surface area contributed by atoms with Gasteiger partial charge in [0.25, 0.3) is 5.91 Å². The van der Waals surface area contributed by atoms with E-state index in [1.54, 1.807) is 30.6 Å². The summed E-state index contributed by atoms with van der Waals surface area (Å²) in [5.41, 5.74) is 3.08. The van der Waals surface area contributed by atoms with Crippen LogP contribution in [0.1, 0.15) is 10.4 Å². The lowest BCUT2D eigenvalue weighted by molar-refractivity contribution is -0.143. The van der Waals surface area contributed by atoms with E-state index in [2.05, 4.69) is 15.0 Å². The molecule has 3 rings (SSSR count). The summed E-state index contributed by atoms with van der Waals surface area (Å²) in [5.74, 6) is -1.16. The first-order valence-corrected chi connectivity index (χ1v) is 7.66. The molecule has 1 atom stereocenters. The zero-order valence-corrected chi connectivity index (χ0v) is 13.5. The number of aliphatic hydroxyl groups is 1. The first-order chi connectivity index (χ1) is 12.1. The number of imidazole rings is 1. The Labute approximate surface area is 143 Å². The van der Waals surface area contributed by atoms with Crippen molar-refractivity contribution in [1.29, 1.82) is 0 Å². The van der Waals surface area contributed by atoms with Crippen LogP contribution >= 0.6 is 0 Å². The molecule has 0 aliphatic rings. The Bertz CT molecular complexity index is 902. The number of carbonyl (C=O) groups excluding carboxylic acids is 2. The van der Waals surface area contributed by atoms with Crippen LogP contribution in [0.2, 0.25) is 0 Å². The Balaban J connectivity index is 1.80. The number of carbonyl (C=O) groups is 2. The fourth-order valence-electron chi connectivity index (χ4n) is 2.50. The van der Waals surface area contributed by atoms with Crippen molar-refractivity contribution in [2.24, 2.45) is 0 Å². The van der Waals surface area contributed by atoms with Gasteiger partial charge in [0, 0.05) is 11.3 Å². The molecular weight excluding hydrogens is 322 g/mol. The van der Waals surface area contributed by atoms with Crippen molar-refractivity contribution in [3.8, 4) is 5.69 Å². The lowest BCUT2D eigenvalue weighted by Crippen LogP contribution is -2.44. The third kappa shape index (κ3) is 3.36. The zero-order valence-electron chi connectivity index (χ0n) is 13.5. The predicted molar refractivity (Wildman–Crippen MR) is 91.4 cm³/mol. The van der Waals surface area contributed by atoms with Gasteiger partial charge in [-0.15, -0.1) is 0 Å². The summed E-state index contributed by atoms with van der Waals surface area (Å²) in [6.07, 6.45) is 1.72. The van der Waals surface area contributed by atoms with Crippen molar-refractivity contribution >= 4 is 22.9 Å². The van der Waals surface area contributed by atoms with E-state index in [-0.39, 0.29) is 0 Å². The summed E-state index contributed by atoms with van der Waals surface area (Å²) in [7, 11) is 1.20. The summed E-state index contributed by atoms with van der Waals surface area (Å²) < 4.78 is 6.44. The molecule has 0 aliphatic heterocycles. The van der Waals surface area contributed by atoms with Crippen LogP contribution in [-0.2, 0) is 9.53 Å². The number of fused-ring (bicyclic) bond motifs is 1. The van der Waals surface area contributed by atoms with Crippen molar-refractivity contribution < 1.29 is 19.4 Å². The topological polar surface area (TPSA) is 93.5 Å². The van der Waals surface area contributed by atoms with Crippen LogP contribution in [0.5, 0.6) is 0 Å². The highest BCUT2D eigenvalue weighted by molar-refractivity contribution is 5.97. The smallest absolute Gasteiger partial charge is 0.330 e. The number of ether oxygens (including phenoxy) is 1. The van der Waals surface area contributed by atoms with E-state index in [4.69, 9.17) is 5.11 Å². The Hall–Kier alpha value is -3.19. The highest BCUT2D eigenvalue weighted by Gasteiger charge is 2.21. The summed E-state index contributed by atoms with van der Waals surface area (Å²) in [6.45, 7) is -0.530. The van der Waals surface area contributed by atoms with E-state index >= 15 is 0 Å². The molecular formula is C18H17N3O4. The lowest BCUT2D eigenvalue weighted by Gasteiger charge is -2.14. The normalized spacial score (nSPS) is 11.9. The summed E-state index contributed by atoms with van der Waals surface area (Å²) in [4.78, 5) is 28.0. The van der Waals surface area contributed by atoms with Crippen LogP contribution in [0.15, 0.2) is 54.9 Å². The number of hydrogen-bond donors (Lipinski definition) is 2. The van der Waals surface area contributed by atoms with Gasteiger partial charge in [-0.1, -0.05) is 12.1 Å². The standard InChI is InChI=1S/C18H17N3O4/c1-25-18(24)15(10-22)20-17(23)12-6-8-13(9-7-12)21-11-19-14-4-2-3-5-16(14)21/h2-9,11,15,22H,10H2,1H3,(H,20,23). The number of aromatic nitrogens is 2. The maximum Gasteiger partial charge on any atom is 0.330 e. The van der Waals surface area contributed by atoms with Crippen molar-refractivity contribution in [2.45, 2.75) is 6.04 Å². The Morgan fingerprint density at radius 3 is 2.60 bits per heavy atom. The number of nitrogens with zero attached hydrogens (tertiary/aromatic N) is 2. The molecule has 2 aromatic carbocycles. The van der Waals surface area contributed by atoms with Crippen LogP contribution in [0.3, 0.4) is 0 Å². The molecule has 7 heteroatoms. The molecule has 1 amide bonds. The second-order valence-corrected chi connectivity index (χ2v) is 5.38. The highest BCUT2D eigenvalue weighted by Crippen LogP contribution is 2.18. The third-order valence-corrected chi connectivity index (χ3v) is 3.83. The molecule has 0 saturated carbocycles. The molecule has 0 fully saturated rings. The Morgan fingerprint density at radius 2 is 1.92 bits per heavy atom. The molecule has 0 saturated heterocycles. The van der Waals surface area contributed by atoms with E-state index in [0.29, 0.717) is 5.56 Å². The van der Waals surface area contributed by atoms with Crippen LogP contribution in [0.25, 0.3) is 16.7 Å². The zero-order chi connectivity index (χ0) is 17.8. The van der Waals surface area contributed by atoms with Gasteiger partial charge in [0.1, 0.15) is 6.33 Å². The Morgan fingerprint density at radius 1 is 1.20 bits per heavy atom. The Kier molecular flexibility index (Phi) is 4.76. The van der Waals surface area contributed by atoms with Gasteiger partial charge in [-0.25, -0.2) is 9.78 Å².